The maximum Gasteiger partial charge on any atom is 0.231 e. The Bertz CT molecular complexity index is 3090. The minimum atomic E-state index is -0.103. The predicted octanol–water partition coefficient (Wildman–Crippen LogP) is 11.2. The Hall–Kier alpha value is -7.05. The first kappa shape index (κ1) is 28.6. The number of para-hydroxylation sites is 4. The molecule has 0 fully saturated rings. The highest BCUT2D eigenvalue weighted by atomic mass is 15.3. The van der Waals surface area contributed by atoms with E-state index in [1.165, 1.54) is 27.4 Å². The topological polar surface area (TPSA) is 51.8 Å². The van der Waals surface area contributed by atoms with Gasteiger partial charge in [0.15, 0.2) is 0 Å². The van der Waals surface area contributed by atoms with E-state index in [4.69, 9.17) is 15.0 Å². The van der Waals surface area contributed by atoms with Gasteiger partial charge in [-0.1, -0.05) is 127 Å². The van der Waals surface area contributed by atoms with E-state index >= 15 is 0 Å². The molecule has 6 nitrogen and oxygen atoms in total. The molecule has 0 saturated carbocycles. The van der Waals surface area contributed by atoms with Crippen molar-refractivity contribution in [2.75, 3.05) is 4.90 Å². The van der Waals surface area contributed by atoms with E-state index in [0.717, 1.165) is 61.5 Å². The number of benzene rings is 7. The summed E-state index contributed by atoms with van der Waals surface area (Å²) in [4.78, 5) is 18.7. The van der Waals surface area contributed by atoms with Crippen molar-refractivity contribution in [1.29, 1.82) is 0 Å². The summed E-state index contributed by atoms with van der Waals surface area (Å²) in [7, 11) is 0. The van der Waals surface area contributed by atoms with Crippen LogP contribution in [0, 0.1) is 0 Å². The van der Waals surface area contributed by atoms with Gasteiger partial charge in [-0.2, -0.15) is 0 Å². The van der Waals surface area contributed by atoms with Gasteiger partial charge in [0.2, 0.25) is 5.95 Å². The molecule has 7 aromatic carbocycles. The molecule has 2 unspecified atom stereocenters. The van der Waals surface area contributed by atoms with Gasteiger partial charge in [-0.15, -0.1) is 0 Å². The van der Waals surface area contributed by atoms with Crippen LogP contribution >= 0.6 is 0 Å². The highest BCUT2D eigenvalue weighted by Gasteiger charge is 2.48. The Morgan fingerprint density at radius 1 is 0.472 bits per heavy atom. The Morgan fingerprint density at radius 3 is 2.04 bits per heavy atom. The largest absolute Gasteiger partial charge is 0.314 e. The summed E-state index contributed by atoms with van der Waals surface area (Å²) in [5, 5.41) is 3.46. The molecule has 0 N–H and O–H groups in total. The molecule has 0 radical (unpaired) electrons. The third-order valence-electron chi connectivity index (χ3n) is 11.3. The quantitative estimate of drug-likeness (QED) is 0.187. The maximum atomic E-state index is 5.62. The van der Waals surface area contributed by atoms with Gasteiger partial charge in [-0.05, 0) is 48.0 Å². The Kier molecular flexibility index (Phi) is 5.80. The van der Waals surface area contributed by atoms with Crippen LogP contribution in [0.25, 0.3) is 72.1 Å². The monoisotopic (exact) mass is 678 g/mol. The molecule has 2 aliphatic heterocycles. The molecule has 248 valence electrons. The fourth-order valence-electron chi connectivity index (χ4n) is 9.11. The van der Waals surface area contributed by atoms with E-state index in [-0.39, 0.29) is 12.1 Å². The molecule has 2 aliphatic rings. The van der Waals surface area contributed by atoms with Crippen LogP contribution in [0.4, 0.5) is 11.6 Å². The summed E-state index contributed by atoms with van der Waals surface area (Å²) in [6.45, 7) is 0. The maximum absolute atomic E-state index is 5.62. The highest BCUT2D eigenvalue weighted by Crippen LogP contribution is 2.58. The third-order valence-corrected chi connectivity index (χ3v) is 11.3. The van der Waals surface area contributed by atoms with E-state index in [0.29, 0.717) is 5.95 Å². The summed E-state index contributed by atoms with van der Waals surface area (Å²) in [5.74, 6) is 1.67. The van der Waals surface area contributed by atoms with E-state index in [9.17, 15) is 0 Å². The minimum Gasteiger partial charge on any atom is -0.314 e. The first-order chi connectivity index (χ1) is 26.3. The lowest BCUT2D eigenvalue weighted by molar-refractivity contribution is 0.507. The number of anilines is 2. The number of hydrogen-bond donors (Lipinski definition) is 0. The molecule has 0 amide bonds. The molecule has 3 aromatic heterocycles. The summed E-state index contributed by atoms with van der Waals surface area (Å²) in [6, 6.07) is 60.1. The van der Waals surface area contributed by atoms with Crippen LogP contribution in [0.2, 0.25) is 0 Å². The van der Waals surface area contributed by atoms with Crippen molar-refractivity contribution in [2.45, 2.75) is 12.1 Å². The molecule has 5 heterocycles. The van der Waals surface area contributed by atoms with Crippen LogP contribution in [0.3, 0.4) is 0 Å². The van der Waals surface area contributed by atoms with Crippen LogP contribution in [0.15, 0.2) is 170 Å². The third kappa shape index (κ3) is 3.89. The van der Waals surface area contributed by atoms with E-state index < -0.39 is 0 Å². The molecule has 53 heavy (non-hydrogen) atoms. The Morgan fingerprint density at radius 2 is 1.17 bits per heavy atom. The van der Waals surface area contributed by atoms with Crippen molar-refractivity contribution >= 4 is 55.4 Å². The molecule has 10 aromatic rings. The SMILES string of the molecule is c1ccc(-c2nc(N3c4ccccc4C4C3c3ccccc3-c3nc5c(ccc6c7ccccc7n(-c7ccccc7)c65)n34)nc3ccccc23)cc1. The summed E-state index contributed by atoms with van der Waals surface area (Å²) >= 11 is 0. The zero-order valence-electron chi connectivity index (χ0n) is 28.5. The van der Waals surface area contributed by atoms with Crippen molar-refractivity contribution in [3.05, 3.63) is 181 Å². The summed E-state index contributed by atoms with van der Waals surface area (Å²) in [6.07, 6.45) is 0. The normalized spacial score (nSPS) is 15.9. The van der Waals surface area contributed by atoms with Crippen molar-refractivity contribution in [3.8, 4) is 28.3 Å². The van der Waals surface area contributed by atoms with Crippen LogP contribution in [0.1, 0.15) is 23.2 Å². The number of nitrogens with zero attached hydrogens (tertiary/aromatic N) is 6. The molecular formula is C47H30N6. The van der Waals surface area contributed by atoms with Gasteiger partial charge in [0, 0.05) is 38.5 Å². The van der Waals surface area contributed by atoms with Gasteiger partial charge in [-0.3, -0.25) is 0 Å². The average molecular weight is 679 g/mol. The second-order valence-corrected chi connectivity index (χ2v) is 14.0. The van der Waals surface area contributed by atoms with Crippen molar-refractivity contribution in [3.63, 3.8) is 0 Å². The molecule has 0 saturated heterocycles. The molecule has 2 atom stereocenters. The fourth-order valence-corrected chi connectivity index (χ4v) is 9.11. The molecule has 0 bridgehead atoms. The molecule has 6 heteroatoms. The molecular weight excluding hydrogens is 649 g/mol. The number of imidazole rings is 1. The van der Waals surface area contributed by atoms with Crippen LogP contribution in [0.5, 0.6) is 0 Å². The summed E-state index contributed by atoms with van der Waals surface area (Å²) < 4.78 is 4.88. The van der Waals surface area contributed by atoms with Gasteiger partial charge in [-0.25, -0.2) is 15.0 Å². The number of hydrogen-bond acceptors (Lipinski definition) is 4. The van der Waals surface area contributed by atoms with Crippen molar-refractivity contribution < 1.29 is 0 Å². The van der Waals surface area contributed by atoms with Gasteiger partial charge in [0.1, 0.15) is 11.3 Å². The molecule has 12 rings (SSSR count). The fraction of sp³-hybridized carbons (Fsp3) is 0.0426. The first-order valence-electron chi connectivity index (χ1n) is 18.1. The van der Waals surface area contributed by atoms with Crippen molar-refractivity contribution in [2.24, 2.45) is 0 Å². The number of fused-ring (bicyclic) bond motifs is 15. The van der Waals surface area contributed by atoms with Gasteiger partial charge in [0.25, 0.3) is 0 Å². The molecule has 0 spiro atoms. The van der Waals surface area contributed by atoms with Crippen LogP contribution < -0.4 is 4.90 Å². The lowest BCUT2D eigenvalue weighted by Gasteiger charge is -2.35. The Labute approximate surface area is 304 Å². The van der Waals surface area contributed by atoms with E-state index in [1.807, 2.05) is 6.07 Å². The van der Waals surface area contributed by atoms with Crippen LogP contribution in [-0.2, 0) is 0 Å². The second-order valence-electron chi connectivity index (χ2n) is 14.0. The average Bonchev–Trinajstić information content (AvgIpc) is 3.89. The van der Waals surface area contributed by atoms with Crippen LogP contribution in [-0.4, -0.2) is 24.1 Å². The second kappa shape index (κ2) is 10.7. The lowest BCUT2D eigenvalue weighted by atomic mass is 9.89. The highest BCUT2D eigenvalue weighted by molar-refractivity contribution is 6.17. The predicted molar refractivity (Wildman–Crippen MR) is 214 cm³/mol. The zero-order valence-corrected chi connectivity index (χ0v) is 28.5. The Balaban J connectivity index is 1.16. The summed E-state index contributed by atoms with van der Waals surface area (Å²) in [5.41, 5.74) is 13.1. The number of rotatable bonds is 3. The lowest BCUT2D eigenvalue weighted by Crippen LogP contribution is -2.30. The van der Waals surface area contributed by atoms with Gasteiger partial charge < -0.3 is 14.0 Å². The van der Waals surface area contributed by atoms with Crippen molar-refractivity contribution in [1.82, 2.24) is 24.1 Å². The first-order valence-corrected chi connectivity index (χ1v) is 18.1. The molecule has 0 aliphatic carbocycles. The zero-order chi connectivity index (χ0) is 34.6. The van der Waals surface area contributed by atoms with Gasteiger partial charge in [0.05, 0.1) is 45.5 Å². The van der Waals surface area contributed by atoms with E-state index in [1.54, 1.807) is 0 Å². The number of aromatic nitrogens is 5. The van der Waals surface area contributed by atoms with E-state index in [2.05, 4.69) is 178 Å². The standard InChI is InChI=1S/C47H30N6/c1-3-15-29(16-4-1)41-35-22-9-12-24-37(35)48-47(50-41)53-39-26-14-11-23-36(39)45-44(53)32-20-7-8-21-34(32)46-49-42-40(52(45)46)28-27-33-31-19-10-13-25-38(31)51(43(33)42)30-17-5-2-6-18-30/h1-28,44-45H. The minimum absolute atomic E-state index is 0.0663. The van der Waals surface area contributed by atoms with Gasteiger partial charge >= 0.3 is 0 Å². The smallest absolute Gasteiger partial charge is 0.231 e.